The summed E-state index contributed by atoms with van der Waals surface area (Å²) in [6.45, 7) is 6.46. The molecule has 0 atom stereocenters. The third kappa shape index (κ3) is 18.9. The Labute approximate surface area is 143 Å². The van der Waals surface area contributed by atoms with Crippen LogP contribution in [0.2, 0.25) is 19.6 Å². The van der Waals surface area contributed by atoms with Gasteiger partial charge in [0.2, 0.25) is 5.78 Å². The fourth-order valence-electron chi connectivity index (χ4n) is 2.30. The number of hydrogen-bond acceptors (Lipinski definition) is 2. The van der Waals surface area contributed by atoms with Crippen molar-refractivity contribution in [1.82, 2.24) is 0 Å². The molecule has 132 valence electrons. The largest absolute Gasteiger partial charge is 0.481 e. The molecule has 0 aliphatic carbocycles. The number of aliphatic carboxylic acids is 1. The normalized spacial score (nSPS) is 10.9. The molecule has 0 unspecified atom stereocenters. The van der Waals surface area contributed by atoms with Gasteiger partial charge >= 0.3 is 5.97 Å². The number of carbonyl (C=O) groups excluding carboxylic acids is 1. The first-order valence-electron chi connectivity index (χ1n) is 9.09. The van der Waals surface area contributed by atoms with E-state index < -0.39 is 14.0 Å². The predicted octanol–water partition coefficient (Wildman–Crippen LogP) is 5.20. The van der Waals surface area contributed by atoms with Crippen LogP contribution in [0.4, 0.5) is 0 Å². The molecule has 0 saturated heterocycles. The van der Waals surface area contributed by atoms with E-state index in [4.69, 9.17) is 5.11 Å². The average Bonchev–Trinajstić information content (AvgIpc) is 2.45. The lowest BCUT2D eigenvalue weighted by Gasteiger charge is -2.03. The molecule has 3 nitrogen and oxygen atoms in total. The number of carbonyl (C=O) groups is 2. The first kappa shape index (κ1) is 21.9. The molecule has 0 aromatic carbocycles. The Morgan fingerprint density at radius 1 is 0.739 bits per heavy atom. The van der Waals surface area contributed by atoms with Gasteiger partial charge in [0.05, 0.1) is 0 Å². The monoisotopic (exact) mass is 338 g/mol. The molecule has 0 rings (SSSR count). The average molecular weight is 339 g/mol. The lowest BCUT2D eigenvalue weighted by atomic mass is 10.0. The Bertz CT molecular complexity index is 399. The summed E-state index contributed by atoms with van der Waals surface area (Å²) in [6, 6.07) is 0. The zero-order chi connectivity index (χ0) is 17.6. The highest BCUT2D eigenvalue weighted by atomic mass is 28.3. The zero-order valence-electron chi connectivity index (χ0n) is 15.2. The topological polar surface area (TPSA) is 54.4 Å². The molecular formula is C19H34O3Si. The molecule has 0 aromatic heterocycles. The minimum absolute atomic E-state index is 0.105. The van der Waals surface area contributed by atoms with E-state index in [1.165, 1.54) is 32.1 Å². The first-order valence-corrected chi connectivity index (χ1v) is 12.6. The maximum Gasteiger partial charge on any atom is 0.303 e. The van der Waals surface area contributed by atoms with Crippen molar-refractivity contribution in [3.8, 4) is 11.5 Å². The van der Waals surface area contributed by atoms with Gasteiger partial charge in [-0.2, -0.15) is 0 Å². The number of carboxylic acids is 1. The van der Waals surface area contributed by atoms with Crippen LogP contribution in [0.15, 0.2) is 0 Å². The summed E-state index contributed by atoms with van der Waals surface area (Å²) in [4.78, 5) is 22.0. The highest BCUT2D eigenvalue weighted by Gasteiger charge is 2.08. The minimum atomic E-state index is -1.42. The summed E-state index contributed by atoms with van der Waals surface area (Å²) in [5.74, 6) is 2.22. The lowest BCUT2D eigenvalue weighted by molar-refractivity contribution is -0.137. The summed E-state index contributed by atoms with van der Waals surface area (Å²) in [5.41, 5.74) is 3.12. The van der Waals surface area contributed by atoms with Crippen molar-refractivity contribution in [2.45, 2.75) is 96.7 Å². The number of carboxylic acid groups (broad SMARTS) is 1. The van der Waals surface area contributed by atoms with Crippen LogP contribution in [0.5, 0.6) is 0 Å². The van der Waals surface area contributed by atoms with Crippen LogP contribution < -0.4 is 0 Å². The quantitative estimate of drug-likeness (QED) is 0.285. The Balaban J connectivity index is 3.32. The Hall–Kier alpha value is -1.08. The van der Waals surface area contributed by atoms with Gasteiger partial charge in [0.15, 0.2) is 0 Å². The van der Waals surface area contributed by atoms with Gasteiger partial charge < -0.3 is 5.11 Å². The predicted molar refractivity (Wildman–Crippen MR) is 99.2 cm³/mol. The zero-order valence-corrected chi connectivity index (χ0v) is 16.2. The van der Waals surface area contributed by atoms with Crippen LogP contribution in [0.3, 0.4) is 0 Å². The minimum Gasteiger partial charge on any atom is -0.481 e. The number of hydrogen-bond donors (Lipinski definition) is 1. The standard InChI is InChI=1S/C19H34O3Si/c1-23(2,3)17-16-18(20)14-12-10-8-6-4-5-7-9-11-13-15-19(21)22/h4-15H2,1-3H3,(H,21,22). The van der Waals surface area contributed by atoms with Crippen molar-refractivity contribution in [2.24, 2.45) is 0 Å². The van der Waals surface area contributed by atoms with Gasteiger partial charge in [-0.05, 0) is 18.8 Å². The van der Waals surface area contributed by atoms with E-state index in [9.17, 15) is 9.59 Å². The van der Waals surface area contributed by atoms with Crippen LogP contribution in [0.25, 0.3) is 0 Å². The van der Waals surface area contributed by atoms with Crippen molar-refractivity contribution >= 4 is 19.8 Å². The number of rotatable bonds is 13. The summed E-state index contributed by atoms with van der Waals surface area (Å²) in [5, 5.41) is 8.53. The molecule has 0 aromatic rings. The molecule has 0 aliphatic rings. The van der Waals surface area contributed by atoms with Crippen LogP contribution >= 0.6 is 0 Å². The highest BCUT2D eigenvalue weighted by Crippen LogP contribution is 2.12. The molecule has 4 heteroatoms. The van der Waals surface area contributed by atoms with Gasteiger partial charge in [0.25, 0.3) is 0 Å². The van der Waals surface area contributed by atoms with Gasteiger partial charge in [-0.25, -0.2) is 0 Å². The van der Waals surface area contributed by atoms with E-state index in [1.807, 2.05) is 0 Å². The number of unbranched alkanes of at least 4 members (excludes halogenated alkanes) is 9. The first-order chi connectivity index (χ1) is 10.8. The van der Waals surface area contributed by atoms with Crippen molar-refractivity contribution in [1.29, 1.82) is 0 Å². The van der Waals surface area contributed by atoms with E-state index in [1.54, 1.807) is 0 Å². The molecule has 0 heterocycles. The summed E-state index contributed by atoms with van der Waals surface area (Å²) >= 11 is 0. The highest BCUT2D eigenvalue weighted by molar-refractivity contribution is 6.84. The van der Waals surface area contributed by atoms with E-state index in [-0.39, 0.29) is 5.78 Å². The van der Waals surface area contributed by atoms with E-state index in [0.29, 0.717) is 12.8 Å². The van der Waals surface area contributed by atoms with Crippen LogP contribution in [0.1, 0.15) is 77.0 Å². The van der Waals surface area contributed by atoms with Gasteiger partial charge in [0, 0.05) is 12.8 Å². The molecule has 1 N–H and O–H groups in total. The van der Waals surface area contributed by atoms with Crippen molar-refractivity contribution in [2.75, 3.05) is 0 Å². The van der Waals surface area contributed by atoms with Crippen LogP contribution in [-0.2, 0) is 9.59 Å². The van der Waals surface area contributed by atoms with E-state index >= 15 is 0 Å². The number of ketones is 1. The molecule has 0 radical (unpaired) electrons. The van der Waals surface area contributed by atoms with Gasteiger partial charge in [-0.15, -0.1) is 5.54 Å². The summed E-state index contributed by atoms with van der Waals surface area (Å²) in [6.07, 6.45) is 12.2. The number of Topliss-reactive ketones (excluding diaryl/α,β-unsaturated/α-hetero) is 1. The molecule has 0 fully saturated rings. The van der Waals surface area contributed by atoms with Gasteiger partial charge in [0.1, 0.15) is 8.07 Å². The van der Waals surface area contributed by atoms with Gasteiger partial charge in [-0.1, -0.05) is 71.0 Å². The molecule has 0 bridgehead atoms. The van der Waals surface area contributed by atoms with Crippen molar-refractivity contribution in [3.63, 3.8) is 0 Å². The van der Waals surface area contributed by atoms with E-state index in [2.05, 4.69) is 31.1 Å². The maximum atomic E-state index is 11.6. The molecular weight excluding hydrogens is 304 g/mol. The second kappa shape index (κ2) is 13.4. The molecule has 0 aliphatic heterocycles. The van der Waals surface area contributed by atoms with E-state index in [0.717, 1.165) is 32.1 Å². The van der Waals surface area contributed by atoms with Crippen molar-refractivity contribution < 1.29 is 14.7 Å². The summed E-state index contributed by atoms with van der Waals surface area (Å²) in [7, 11) is -1.42. The fourth-order valence-corrected chi connectivity index (χ4v) is 2.81. The second-order valence-electron chi connectivity index (χ2n) is 7.35. The second-order valence-corrected chi connectivity index (χ2v) is 12.1. The lowest BCUT2D eigenvalue weighted by Crippen LogP contribution is -2.17. The van der Waals surface area contributed by atoms with Crippen LogP contribution in [0, 0.1) is 11.5 Å². The third-order valence-electron chi connectivity index (χ3n) is 3.62. The molecule has 0 spiro atoms. The molecule has 0 saturated carbocycles. The molecule has 23 heavy (non-hydrogen) atoms. The maximum absolute atomic E-state index is 11.6. The molecule has 0 amide bonds. The van der Waals surface area contributed by atoms with Gasteiger partial charge in [-0.3, -0.25) is 9.59 Å². The Morgan fingerprint density at radius 3 is 1.52 bits per heavy atom. The Morgan fingerprint density at radius 2 is 1.13 bits per heavy atom. The van der Waals surface area contributed by atoms with Crippen LogP contribution in [-0.4, -0.2) is 24.9 Å². The van der Waals surface area contributed by atoms with Crippen molar-refractivity contribution in [3.05, 3.63) is 0 Å². The third-order valence-corrected chi connectivity index (χ3v) is 4.50. The SMILES string of the molecule is C[Si](C)(C)C#CC(=O)CCCCCCCCCCCCC(=O)O. The Kier molecular flexibility index (Phi) is 12.7. The smallest absolute Gasteiger partial charge is 0.303 e. The summed E-state index contributed by atoms with van der Waals surface area (Å²) < 4.78 is 0. The fraction of sp³-hybridized carbons (Fsp3) is 0.789.